The van der Waals surface area contributed by atoms with Crippen LogP contribution < -0.4 is 15.4 Å². The molecule has 2 N–H and O–H groups in total. The average molecular weight is 434 g/mol. The smallest absolute Gasteiger partial charge is 0.191 e. The second kappa shape index (κ2) is 11.9. The van der Waals surface area contributed by atoms with Gasteiger partial charge in [0.05, 0.1) is 13.7 Å². The normalized spacial score (nSPS) is 12.4. The number of guanidine groups is 1. The fourth-order valence-electron chi connectivity index (χ4n) is 3.61. The summed E-state index contributed by atoms with van der Waals surface area (Å²) in [4.78, 5) is 9.09. The molecular formula is C26H35N5O. The minimum Gasteiger partial charge on any atom is -0.497 e. The van der Waals surface area contributed by atoms with Crippen molar-refractivity contribution in [3.63, 3.8) is 0 Å². The summed E-state index contributed by atoms with van der Waals surface area (Å²) in [5.41, 5.74) is 3.77. The number of hydrogen-bond donors (Lipinski definition) is 2. The second-order valence-electron chi connectivity index (χ2n) is 8.01. The molecule has 2 aromatic carbocycles. The number of rotatable bonds is 10. The Morgan fingerprint density at radius 3 is 2.59 bits per heavy atom. The van der Waals surface area contributed by atoms with Crippen molar-refractivity contribution < 1.29 is 4.74 Å². The number of aliphatic imine (C=N–C) groups is 1. The lowest BCUT2D eigenvalue weighted by atomic mass is 9.98. The maximum Gasteiger partial charge on any atom is 0.191 e. The molecule has 1 heterocycles. The summed E-state index contributed by atoms with van der Waals surface area (Å²) >= 11 is 0. The molecule has 170 valence electrons. The van der Waals surface area contributed by atoms with Gasteiger partial charge in [-0.2, -0.15) is 0 Å². The lowest BCUT2D eigenvalue weighted by Gasteiger charge is -2.15. The van der Waals surface area contributed by atoms with E-state index in [1.807, 2.05) is 31.5 Å². The van der Waals surface area contributed by atoms with Gasteiger partial charge in [-0.15, -0.1) is 0 Å². The van der Waals surface area contributed by atoms with E-state index in [0.29, 0.717) is 12.5 Å². The maximum atomic E-state index is 5.25. The van der Waals surface area contributed by atoms with Gasteiger partial charge in [0.1, 0.15) is 11.6 Å². The number of nitrogens with zero attached hydrogens (tertiary/aromatic N) is 3. The number of aromatic nitrogens is 2. The number of ether oxygens (including phenoxy) is 1. The fraction of sp³-hybridized carbons (Fsp3) is 0.385. The minimum absolute atomic E-state index is 0.458. The van der Waals surface area contributed by atoms with Crippen LogP contribution in [0, 0.1) is 6.92 Å². The largest absolute Gasteiger partial charge is 0.497 e. The van der Waals surface area contributed by atoms with Gasteiger partial charge in [-0.05, 0) is 55.0 Å². The molecular weight excluding hydrogens is 398 g/mol. The van der Waals surface area contributed by atoms with E-state index in [1.165, 1.54) is 16.7 Å². The predicted molar refractivity (Wildman–Crippen MR) is 131 cm³/mol. The Labute approximate surface area is 191 Å². The van der Waals surface area contributed by atoms with Crippen molar-refractivity contribution in [2.75, 3.05) is 20.2 Å². The van der Waals surface area contributed by atoms with E-state index < -0.39 is 0 Å². The molecule has 0 aliphatic rings. The lowest BCUT2D eigenvalue weighted by molar-refractivity contribution is 0.414. The molecule has 0 saturated heterocycles. The van der Waals surface area contributed by atoms with Crippen molar-refractivity contribution in [3.05, 3.63) is 83.4 Å². The topological polar surface area (TPSA) is 63.5 Å². The van der Waals surface area contributed by atoms with Gasteiger partial charge < -0.3 is 19.9 Å². The Hall–Kier alpha value is -3.28. The van der Waals surface area contributed by atoms with Crippen LogP contribution in [0.15, 0.2) is 65.9 Å². The molecule has 0 bridgehead atoms. The molecule has 0 saturated carbocycles. The van der Waals surface area contributed by atoms with Crippen LogP contribution in [-0.2, 0) is 13.1 Å². The van der Waals surface area contributed by atoms with Gasteiger partial charge in [-0.3, -0.25) is 0 Å². The van der Waals surface area contributed by atoms with Crippen LogP contribution in [0.4, 0.5) is 0 Å². The van der Waals surface area contributed by atoms with Gasteiger partial charge in [0, 0.05) is 32.0 Å². The zero-order chi connectivity index (χ0) is 22.8. The van der Waals surface area contributed by atoms with Gasteiger partial charge in [-0.1, -0.05) is 43.3 Å². The first-order valence-corrected chi connectivity index (χ1v) is 11.3. The standard InChI is InChI=1S/C26H35N5O/c1-5-27-26(29-14-13-20(2)24-9-11-25(32-4)12-10-24)30-18-22-7-6-8-23(17-22)19-31-16-15-28-21(31)3/h6-12,15-17,20H,5,13-14,18-19H2,1-4H3,(H2,27,29,30). The predicted octanol–water partition coefficient (Wildman–Crippen LogP) is 4.50. The first-order valence-electron chi connectivity index (χ1n) is 11.3. The van der Waals surface area contributed by atoms with Crippen LogP contribution in [0.2, 0.25) is 0 Å². The quantitative estimate of drug-likeness (QED) is 0.365. The van der Waals surface area contributed by atoms with Crippen LogP contribution >= 0.6 is 0 Å². The fourth-order valence-corrected chi connectivity index (χ4v) is 3.61. The van der Waals surface area contributed by atoms with E-state index in [9.17, 15) is 0 Å². The van der Waals surface area contributed by atoms with Crippen molar-refractivity contribution in [1.82, 2.24) is 20.2 Å². The molecule has 32 heavy (non-hydrogen) atoms. The van der Waals surface area contributed by atoms with Gasteiger partial charge in [0.2, 0.25) is 0 Å². The van der Waals surface area contributed by atoms with Gasteiger partial charge in [0.25, 0.3) is 0 Å². The van der Waals surface area contributed by atoms with Crippen molar-refractivity contribution in [2.45, 2.75) is 46.2 Å². The molecule has 0 spiro atoms. The Kier molecular flexibility index (Phi) is 8.72. The first kappa shape index (κ1) is 23.4. The number of benzene rings is 2. The summed E-state index contributed by atoms with van der Waals surface area (Å²) in [6.45, 7) is 9.52. The summed E-state index contributed by atoms with van der Waals surface area (Å²) in [7, 11) is 1.70. The molecule has 0 aliphatic heterocycles. The van der Waals surface area contributed by atoms with Crippen molar-refractivity contribution in [3.8, 4) is 5.75 Å². The number of imidazole rings is 1. The number of aryl methyl sites for hydroxylation is 1. The Bertz CT molecular complexity index is 993. The number of hydrogen-bond acceptors (Lipinski definition) is 3. The Balaban J connectivity index is 1.54. The molecule has 6 heteroatoms. The highest BCUT2D eigenvalue weighted by Gasteiger charge is 2.07. The van der Waals surface area contributed by atoms with Crippen molar-refractivity contribution in [1.29, 1.82) is 0 Å². The highest BCUT2D eigenvalue weighted by molar-refractivity contribution is 5.79. The monoisotopic (exact) mass is 433 g/mol. The van der Waals surface area contributed by atoms with Gasteiger partial charge in [0.15, 0.2) is 5.96 Å². The molecule has 6 nitrogen and oxygen atoms in total. The molecule has 3 aromatic rings. The molecule has 1 atom stereocenters. The van der Waals surface area contributed by atoms with Crippen LogP contribution in [0.1, 0.15) is 48.7 Å². The zero-order valence-electron chi connectivity index (χ0n) is 19.6. The third-order valence-electron chi connectivity index (χ3n) is 5.59. The summed E-state index contributed by atoms with van der Waals surface area (Å²) < 4.78 is 7.40. The number of methoxy groups -OCH3 is 1. The van der Waals surface area contributed by atoms with E-state index in [-0.39, 0.29) is 0 Å². The zero-order valence-corrected chi connectivity index (χ0v) is 19.6. The SMILES string of the molecule is CCNC(=NCc1cccc(Cn2ccnc2C)c1)NCCC(C)c1ccc(OC)cc1. The second-order valence-corrected chi connectivity index (χ2v) is 8.01. The molecule has 0 fully saturated rings. The molecule has 0 radical (unpaired) electrons. The highest BCUT2D eigenvalue weighted by Crippen LogP contribution is 2.21. The Morgan fingerprint density at radius 2 is 1.91 bits per heavy atom. The van der Waals surface area contributed by atoms with Crippen LogP contribution in [-0.4, -0.2) is 35.7 Å². The summed E-state index contributed by atoms with van der Waals surface area (Å²) in [5, 5.41) is 6.82. The van der Waals surface area contributed by atoms with Crippen LogP contribution in [0.3, 0.4) is 0 Å². The van der Waals surface area contributed by atoms with Crippen molar-refractivity contribution in [2.24, 2.45) is 4.99 Å². The first-order chi connectivity index (χ1) is 15.6. The summed E-state index contributed by atoms with van der Waals surface area (Å²) in [6, 6.07) is 16.9. The average Bonchev–Trinajstić information content (AvgIpc) is 3.22. The van der Waals surface area contributed by atoms with Crippen molar-refractivity contribution >= 4 is 5.96 Å². The van der Waals surface area contributed by atoms with Gasteiger partial charge in [-0.25, -0.2) is 9.98 Å². The molecule has 3 rings (SSSR count). The van der Waals surface area contributed by atoms with Gasteiger partial charge >= 0.3 is 0 Å². The molecule has 1 aromatic heterocycles. The maximum absolute atomic E-state index is 5.25. The van der Waals surface area contributed by atoms with E-state index in [0.717, 1.165) is 43.6 Å². The lowest BCUT2D eigenvalue weighted by Crippen LogP contribution is -2.38. The Morgan fingerprint density at radius 1 is 1.12 bits per heavy atom. The molecule has 0 amide bonds. The highest BCUT2D eigenvalue weighted by atomic mass is 16.5. The van der Waals surface area contributed by atoms with Crippen LogP contribution in [0.5, 0.6) is 5.75 Å². The third-order valence-corrected chi connectivity index (χ3v) is 5.59. The summed E-state index contributed by atoms with van der Waals surface area (Å²) in [6.07, 6.45) is 4.88. The van der Waals surface area contributed by atoms with E-state index >= 15 is 0 Å². The minimum atomic E-state index is 0.458. The number of nitrogens with one attached hydrogen (secondary N) is 2. The van der Waals surface area contributed by atoms with E-state index in [4.69, 9.17) is 9.73 Å². The third kappa shape index (κ3) is 6.87. The molecule has 1 unspecified atom stereocenters. The van der Waals surface area contributed by atoms with E-state index in [2.05, 4.69) is 70.4 Å². The molecule has 0 aliphatic carbocycles. The van der Waals surface area contributed by atoms with E-state index in [1.54, 1.807) is 7.11 Å². The summed E-state index contributed by atoms with van der Waals surface area (Å²) in [5.74, 6) is 3.23. The van der Waals surface area contributed by atoms with Crippen LogP contribution in [0.25, 0.3) is 0 Å².